The molecule has 0 amide bonds. The molecule has 0 atom stereocenters. The molecule has 0 saturated carbocycles. The number of nitrogens with zero attached hydrogens (tertiary/aromatic N) is 1. The SMILES string of the molecule is OB(O)c1cnc(I)cc1Br. The van der Waals surface area contributed by atoms with E-state index < -0.39 is 7.12 Å². The lowest BCUT2D eigenvalue weighted by atomic mass is 9.82. The summed E-state index contributed by atoms with van der Waals surface area (Å²) in [4.78, 5) is 3.90. The Morgan fingerprint density at radius 1 is 1.55 bits per heavy atom. The van der Waals surface area contributed by atoms with Crippen LogP contribution < -0.4 is 5.46 Å². The van der Waals surface area contributed by atoms with E-state index in [9.17, 15) is 0 Å². The first-order chi connectivity index (χ1) is 5.11. The Morgan fingerprint density at radius 3 is 2.64 bits per heavy atom. The molecule has 0 saturated heterocycles. The van der Waals surface area contributed by atoms with Gasteiger partial charge in [-0.1, -0.05) is 15.9 Å². The van der Waals surface area contributed by atoms with Gasteiger partial charge < -0.3 is 10.0 Å². The zero-order valence-corrected chi connectivity index (χ0v) is 9.07. The van der Waals surface area contributed by atoms with Gasteiger partial charge in [0.05, 0.1) is 0 Å². The Balaban J connectivity index is 3.09. The van der Waals surface area contributed by atoms with Crippen molar-refractivity contribution >= 4 is 51.1 Å². The number of aromatic nitrogens is 1. The molecule has 0 fully saturated rings. The Morgan fingerprint density at radius 2 is 2.18 bits per heavy atom. The highest BCUT2D eigenvalue weighted by Gasteiger charge is 2.14. The van der Waals surface area contributed by atoms with Gasteiger partial charge in [-0.25, -0.2) is 0 Å². The molecule has 0 bridgehead atoms. The fourth-order valence-electron chi connectivity index (χ4n) is 0.608. The molecule has 0 aliphatic carbocycles. The van der Waals surface area contributed by atoms with E-state index in [-0.39, 0.29) is 0 Å². The standard InChI is InChI=1S/C5H4BBrINO2/c7-4-1-5(8)9-2-3(4)6(10)11/h1-2,10-11H. The van der Waals surface area contributed by atoms with Crippen LogP contribution in [0.2, 0.25) is 0 Å². The van der Waals surface area contributed by atoms with Crippen LogP contribution in [-0.2, 0) is 0 Å². The molecule has 58 valence electrons. The van der Waals surface area contributed by atoms with E-state index in [0.29, 0.717) is 9.94 Å². The second-order valence-corrected chi connectivity index (χ2v) is 3.86. The fourth-order valence-corrected chi connectivity index (χ4v) is 2.01. The summed E-state index contributed by atoms with van der Waals surface area (Å²) in [5.41, 5.74) is 0.380. The van der Waals surface area contributed by atoms with Gasteiger partial charge in [-0.3, -0.25) is 4.98 Å². The summed E-state index contributed by atoms with van der Waals surface area (Å²) in [7, 11) is -1.46. The molecule has 0 aromatic carbocycles. The maximum atomic E-state index is 8.78. The van der Waals surface area contributed by atoms with Crippen LogP contribution in [0.5, 0.6) is 0 Å². The van der Waals surface area contributed by atoms with E-state index in [1.165, 1.54) is 6.20 Å². The highest BCUT2D eigenvalue weighted by atomic mass is 127. The third-order valence-electron chi connectivity index (χ3n) is 1.13. The molecule has 0 radical (unpaired) electrons. The number of hydrogen-bond acceptors (Lipinski definition) is 3. The molecule has 1 heterocycles. The van der Waals surface area contributed by atoms with Crippen molar-refractivity contribution in [1.82, 2.24) is 4.98 Å². The molecule has 1 rings (SSSR count). The maximum absolute atomic E-state index is 8.78. The molecular weight excluding hydrogens is 324 g/mol. The minimum atomic E-state index is -1.46. The maximum Gasteiger partial charge on any atom is 0.491 e. The van der Waals surface area contributed by atoms with Gasteiger partial charge in [0.25, 0.3) is 0 Å². The Kier molecular flexibility index (Phi) is 3.29. The van der Waals surface area contributed by atoms with Crippen LogP contribution in [0.3, 0.4) is 0 Å². The van der Waals surface area contributed by atoms with E-state index >= 15 is 0 Å². The monoisotopic (exact) mass is 327 g/mol. The van der Waals surface area contributed by atoms with E-state index in [1.54, 1.807) is 6.07 Å². The first-order valence-electron chi connectivity index (χ1n) is 2.78. The minimum Gasteiger partial charge on any atom is -0.423 e. The summed E-state index contributed by atoms with van der Waals surface area (Å²) < 4.78 is 1.46. The van der Waals surface area contributed by atoms with Crippen molar-refractivity contribution in [3.05, 3.63) is 20.4 Å². The van der Waals surface area contributed by atoms with Gasteiger partial charge in [0.2, 0.25) is 0 Å². The average molecular weight is 328 g/mol. The van der Waals surface area contributed by atoms with Crippen molar-refractivity contribution in [3.8, 4) is 0 Å². The predicted molar refractivity (Wildman–Crippen MR) is 54.5 cm³/mol. The summed E-state index contributed by atoms with van der Waals surface area (Å²) in [5, 5.41) is 17.6. The number of rotatable bonds is 1. The number of halogens is 2. The zero-order valence-electron chi connectivity index (χ0n) is 5.33. The van der Waals surface area contributed by atoms with Crippen LogP contribution in [0, 0.1) is 3.70 Å². The predicted octanol–water partition coefficient (Wildman–Crippen LogP) is 0.128. The van der Waals surface area contributed by atoms with Crippen molar-refractivity contribution < 1.29 is 10.0 Å². The summed E-state index contributed by atoms with van der Waals surface area (Å²) in [6.45, 7) is 0. The topological polar surface area (TPSA) is 53.4 Å². The quantitative estimate of drug-likeness (QED) is 0.438. The molecule has 1 aromatic heterocycles. The highest BCUT2D eigenvalue weighted by molar-refractivity contribution is 14.1. The lowest BCUT2D eigenvalue weighted by molar-refractivity contribution is 0.425. The van der Waals surface area contributed by atoms with E-state index in [4.69, 9.17) is 10.0 Å². The fraction of sp³-hybridized carbons (Fsp3) is 0. The molecule has 3 nitrogen and oxygen atoms in total. The summed E-state index contributed by atoms with van der Waals surface area (Å²) in [5.74, 6) is 0. The van der Waals surface area contributed by atoms with E-state index in [0.717, 1.165) is 3.70 Å². The Hall–Kier alpha value is 0.345. The Bertz CT molecular complexity index is 271. The van der Waals surface area contributed by atoms with Crippen LogP contribution >= 0.6 is 38.5 Å². The van der Waals surface area contributed by atoms with Gasteiger partial charge in [-0.05, 0) is 28.7 Å². The van der Waals surface area contributed by atoms with E-state index in [2.05, 4.69) is 20.9 Å². The lowest BCUT2D eigenvalue weighted by Crippen LogP contribution is -2.31. The molecule has 0 unspecified atom stereocenters. The molecule has 0 spiro atoms. The van der Waals surface area contributed by atoms with Gasteiger partial charge in [-0.15, -0.1) is 0 Å². The van der Waals surface area contributed by atoms with Crippen molar-refractivity contribution in [2.24, 2.45) is 0 Å². The van der Waals surface area contributed by atoms with Gasteiger partial charge >= 0.3 is 7.12 Å². The van der Waals surface area contributed by atoms with Crippen molar-refractivity contribution in [2.75, 3.05) is 0 Å². The van der Waals surface area contributed by atoms with Gasteiger partial charge in [0.1, 0.15) is 3.70 Å². The summed E-state index contributed by atoms with van der Waals surface area (Å²) in [6.07, 6.45) is 1.43. The smallest absolute Gasteiger partial charge is 0.423 e. The summed E-state index contributed by atoms with van der Waals surface area (Å²) in [6, 6.07) is 1.72. The highest BCUT2D eigenvalue weighted by Crippen LogP contribution is 2.09. The van der Waals surface area contributed by atoms with Crippen LogP contribution in [0.25, 0.3) is 0 Å². The number of hydrogen-bond donors (Lipinski definition) is 2. The van der Waals surface area contributed by atoms with Crippen molar-refractivity contribution in [2.45, 2.75) is 0 Å². The Labute approximate surface area is 86.3 Å². The molecular formula is C5H4BBrINO2. The van der Waals surface area contributed by atoms with E-state index in [1.807, 2.05) is 22.6 Å². The van der Waals surface area contributed by atoms with Gasteiger partial charge in [0, 0.05) is 16.1 Å². The minimum absolute atomic E-state index is 0.380. The molecule has 0 aliphatic heterocycles. The molecule has 6 heteroatoms. The average Bonchev–Trinajstić information content (AvgIpc) is 1.85. The third kappa shape index (κ3) is 2.39. The van der Waals surface area contributed by atoms with Crippen LogP contribution in [0.1, 0.15) is 0 Å². The van der Waals surface area contributed by atoms with Crippen molar-refractivity contribution in [3.63, 3.8) is 0 Å². The lowest BCUT2D eigenvalue weighted by Gasteiger charge is -2.01. The second kappa shape index (κ2) is 3.84. The number of pyridine rings is 1. The largest absolute Gasteiger partial charge is 0.491 e. The molecule has 0 aliphatic rings. The third-order valence-corrected chi connectivity index (χ3v) is 2.40. The first kappa shape index (κ1) is 9.43. The molecule has 1 aromatic rings. The molecule has 11 heavy (non-hydrogen) atoms. The normalized spacial score (nSPS) is 9.82. The van der Waals surface area contributed by atoms with Crippen LogP contribution in [-0.4, -0.2) is 22.2 Å². The van der Waals surface area contributed by atoms with Gasteiger partial charge in [0.15, 0.2) is 0 Å². The van der Waals surface area contributed by atoms with Crippen LogP contribution in [0.4, 0.5) is 0 Å². The van der Waals surface area contributed by atoms with Crippen LogP contribution in [0.15, 0.2) is 16.7 Å². The summed E-state index contributed by atoms with van der Waals surface area (Å²) >= 11 is 5.22. The van der Waals surface area contributed by atoms with Gasteiger partial charge in [-0.2, -0.15) is 0 Å². The zero-order chi connectivity index (χ0) is 8.43. The molecule has 2 N–H and O–H groups in total. The van der Waals surface area contributed by atoms with Crippen molar-refractivity contribution in [1.29, 1.82) is 0 Å². The first-order valence-corrected chi connectivity index (χ1v) is 4.65. The second-order valence-electron chi connectivity index (χ2n) is 1.90.